The molecule has 1 saturated heterocycles. The molecule has 0 aromatic heterocycles. The fraction of sp³-hybridized carbons (Fsp3) is 0.552. The monoisotopic (exact) mass is 540 g/mol. The van der Waals surface area contributed by atoms with E-state index in [9.17, 15) is 34.2 Å². The zero-order chi connectivity index (χ0) is 28.7. The van der Waals surface area contributed by atoms with Gasteiger partial charge in [0.2, 0.25) is 11.6 Å². The van der Waals surface area contributed by atoms with E-state index in [2.05, 4.69) is 0 Å². The van der Waals surface area contributed by atoms with E-state index in [1.54, 1.807) is 18.2 Å². The number of hydrogen-bond acceptors (Lipinski definition) is 10. The summed E-state index contributed by atoms with van der Waals surface area (Å²) in [4.78, 5) is 67.2. The zero-order valence-electron chi connectivity index (χ0n) is 22.5. The van der Waals surface area contributed by atoms with Gasteiger partial charge in [0, 0.05) is 30.8 Å². The molecule has 3 fully saturated rings. The van der Waals surface area contributed by atoms with Crippen LogP contribution < -0.4 is 0 Å². The highest BCUT2D eigenvalue weighted by molar-refractivity contribution is 6.46. The van der Waals surface area contributed by atoms with Crippen molar-refractivity contribution in [3.05, 3.63) is 47.0 Å². The lowest BCUT2D eigenvalue weighted by Gasteiger charge is -2.66. The second kappa shape index (κ2) is 8.64. The zero-order valence-corrected chi connectivity index (χ0v) is 22.5. The second-order valence-corrected chi connectivity index (χ2v) is 11.9. The van der Waals surface area contributed by atoms with Crippen LogP contribution in [0.3, 0.4) is 0 Å². The highest BCUT2D eigenvalue weighted by Crippen LogP contribution is 2.63. The van der Waals surface area contributed by atoms with Crippen molar-refractivity contribution in [1.29, 1.82) is 0 Å². The quantitative estimate of drug-likeness (QED) is 0.426. The third-order valence-corrected chi connectivity index (χ3v) is 9.56. The number of fused-ring (bicyclic) bond motifs is 5. The Balaban J connectivity index is 1.83. The van der Waals surface area contributed by atoms with Crippen LogP contribution in [0, 0.1) is 16.7 Å². The Morgan fingerprint density at radius 2 is 1.72 bits per heavy atom. The number of hydrogen-bond donors (Lipinski definition) is 2. The minimum atomic E-state index is -2.23. The normalized spacial score (nSPS) is 39.0. The number of ether oxygens (including phenoxy) is 3. The highest BCUT2D eigenvalue weighted by Gasteiger charge is 2.78. The minimum Gasteiger partial charge on any atom is -0.455 e. The lowest BCUT2D eigenvalue weighted by molar-refractivity contribution is -0.342. The van der Waals surface area contributed by atoms with E-state index in [0.29, 0.717) is 0 Å². The number of benzene rings is 1. The molecule has 0 unspecified atom stereocenters. The van der Waals surface area contributed by atoms with Crippen molar-refractivity contribution in [2.75, 3.05) is 6.61 Å². The van der Waals surface area contributed by atoms with Crippen molar-refractivity contribution >= 4 is 29.3 Å². The van der Waals surface area contributed by atoms with Gasteiger partial charge in [-0.05, 0) is 31.6 Å². The summed E-state index contributed by atoms with van der Waals surface area (Å²) in [5.41, 5.74) is -7.39. The van der Waals surface area contributed by atoms with Crippen molar-refractivity contribution in [3.63, 3.8) is 0 Å². The molecule has 7 atom stereocenters. The van der Waals surface area contributed by atoms with Crippen LogP contribution in [-0.2, 0) is 33.4 Å². The molecule has 0 spiro atoms. The number of aliphatic hydroxyl groups excluding tert-OH is 1. The Kier molecular flexibility index (Phi) is 6.06. The SMILES string of the molecule is CC(=O)O[C@@]12CO[C@@H]1C[C@H](O)[C@@]1(C)C(=O)C(=O)C3=C(C)C(=O)C[C@@](O)([C@@H](OC(=O)c4ccccc4)[C@H]21)C3(C)C. The maximum Gasteiger partial charge on any atom is 0.338 e. The summed E-state index contributed by atoms with van der Waals surface area (Å²) >= 11 is 0. The Labute approximate surface area is 225 Å². The summed E-state index contributed by atoms with van der Waals surface area (Å²) in [6.45, 7) is 6.76. The summed E-state index contributed by atoms with van der Waals surface area (Å²) in [6, 6.07) is 7.95. The van der Waals surface area contributed by atoms with Gasteiger partial charge in [-0.3, -0.25) is 19.2 Å². The van der Waals surface area contributed by atoms with Crippen LogP contribution in [0.4, 0.5) is 0 Å². The lowest BCUT2D eigenvalue weighted by atomic mass is 9.45. The molecular formula is C29H32O10. The van der Waals surface area contributed by atoms with Crippen molar-refractivity contribution in [2.45, 2.75) is 77.0 Å². The molecule has 5 rings (SSSR count). The number of aliphatic hydroxyl groups is 2. The van der Waals surface area contributed by atoms with Gasteiger partial charge in [-0.25, -0.2) is 4.79 Å². The first-order chi connectivity index (χ1) is 18.1. The molecule has 0 amide bonds. The first kappa shape index (κ1) is 27.4. The summed E-state index contributed by atoms with van der Waals surface area (Å²) in [5, 5.41) is 23.9. The van der Waals surface area contributed by atoms with Crippen molar-refractivity contribution in [1.82, 2.24) is 0 Å². The van der Waals surface area contributed by atoms with Crippen LogP contribution >= 0.6 is 0 Å². The molecule has 2 N–H and O–H groups in total. The third-order valence-electron chi connectivity index (χ3n) is 9.56. The summed E-state index contributed by atoms with van der Waals surface area (Å²) in [7, 11) is 0. The predicted octanol–water partition coefficient (Wildman–Crippen LogP) is 1.50. The molecule has 2 bridgehead atoms. The predicted molar refractivity (Wildman–Crippen MR) is 133 cm³/mol. The van der Waals surface area contributed by atoms with E-state index in [0.717, 1.165) is 0 Å². The van der Waals surface area contributed by atoms with Crippen LogP contribution in [0.2, 0.25) is 0 Å². The first-order valence-electron chi connectivity index (χ1n) is 12.9. The summed E-state index contributed by atoms with van der Waals surface area (Å²) in [5.74, 6) is -5.63. The molecular weight excluding hydrogens is 508 g/mol. The minimum absolute atomic E-state index is 0.0306. The largest absolute Gasteiger partial charge is 0.455 e. The molecule has 1 aromatic carbocycles. The molecule has 2 saturated carbocycles. The van der Waals surface area contributed by atoms with Crippen LogP contribution in [0.15, 0.2) is 41.5 Å². The van der Waals surface area contributed by atoms with E-state index < -0.39 is 82.0 Å². The molecule has 10 nitrogen and oxygen atoms in total. The number of allylic oxidation sites excluding steroid dienone is 1. The molecule has 208 valence electrons. The number of rotatable bonds is 3. The Morgan fingerprint density at radius 3 is 2.28 bits per heavy atom. The van der Waals surface area contributed by atoms with Crippen LogP contribution in [-0.4, -0.2) is 75.6 Å². The molecule has 10 heteroatoms. The molecule has 1 aromatic rings. The van der Waals surface area contributed by atoms with Gasteiger partial charge in [0.15, 0.2) is 11.4 Å². The van der Waals surface area contributed by atoms with Crippen molar-refractivity contribution < 1.29 is 48.4 Å². The average molecular weight is 541 g/mol. The Hall–Kier alpha value is -3.21. The Morgan fingerprint density at radius 1 is 1.08 bits per heavy atom. The van der Waals surface area contributed by atoms with E-state index in [1.165, 1.54) is 46.8 Å². The van der Waals surface area contributed by atoms with Crippen molar-refractivity contribution in [3.8, 4) is 0 Å². The van der Waals surface area contributed by atoms with Gasteiger partial charge in [-0.1, -0.05) is 32.0 Å². The van der Waals surface area contributed by atoms with Gasteiger partial charge in [0.1, 0.15) is 17.8 Å². The van der Waals surface area contributed by atoms with Gasteiger partial charge in [-0.2, -0.15) is 0 Å². The molecule has 3 aliphatic carbocycles. The first-order valence-corrected chi connectivity index (χ1v) is 12.9. The summed E-state index contributed by atoms with van der Waals surface area (Å²) in [6.07, 6.45) is -4.73. The van der Waals surface area contributed by atoms with Gasteiger partial charge in [0.05, 0.1) is 29.6 Å². The van der Waals surface area contributed by atoms with E-state index >= 15 is 0 Å². The van der Waals surface area contributed by atoms with Gasteiger partial charge >= 0.3 is 11.9 Å². The Bertz CT molecular complexity index is 1330. The average Bonchev–Trinajstić information content (AvgIpc) is 2.87. The fourth-order valence-corrected chi connectivity index (χ4v) is 7.27. The van der Waals surface area contributed by atoms with Crippen LogP contribution in [0.25, 0.3) is 0 Å². The van der Waals surface area contributed by atoms with E-state index in [4.69, 9.17) is 14.2 Å². The smallest absolute Gasteiger partial charge is 0.338 e. The topological polar surface area (TPSA) is 154 Å². The number of carbonyl (C=O) groups excluding carboxylic acids is 5. The molecule has 1 aliphatic heterocycles. The van der Waals surface area contributed by atoms with Gasteiger partial charge in [-0.15, -0.1) is 0 Å². The fourth-order valence-electron chi connectivity index (χ4n) is 7.27. The molecule has 39 heavy (non-hydrogen) atoms. The van der Waals surface area contributed by atoms with Crippen molar-refractivity contribution in [2.24, 2.45) is 16.7 Å². The number of Topliss-reactive ketones (excluding diaryl/α,β-unsaturated/α-hetero) is 3. The van der Waals surface area contributed by atoms with E-state index in [1.807, 2.05) is 0 Å². The molecule has 1 heterocycles. The van der Waals surface area contributed by atoms with Crippen LogP contribution in [0.1, 0.15) is 57.8 Å². The second-order valence-electron chi connectivity index (χ2n) is 11.9. The van der Waals surface area contributed by atoms with E-state index in [-0.39, 0.29) is 29.7 Å². The molecule has 4 aliphatic rings. The maximum atomic E-state index is 14.2. The van der Waals surface area contributed by atoms with Gasteiger partial charge < -0.3 is 24.4 Å². The number of esters is 2. The lowest BCUT2D eigenvalue weighted by Crippen LogP contribution is -2.81. The third kappa shape index (κ3) is 3.47. The molecule has 0 radical (unpaired) electrons. The maximum absolute atomic E-state index is 14.2. The number of carbonyl (C=O) groups is 5. The van der Waals surface area contributed by atoms with Crippen LogP contribution in [0.5, 0.6) is 0 Å². The number of ketones is 3. The van der Waals surface area contributed by atoms with Gasteiger partial charge in [0.25, 0.3) is 0 Å². The summed E-state index contributed by atoms with van der Waals surface area (Å²) < 4.78 is 17.6. The standard InChI is InChI=1S/C29H32O10/c1-14-17(31)12-29(36)24(38-25(35)16-9-7-6-8-10-16)22-27(5,23(34)21(33)20(14)26(29,3)4)18(32)11-19-28(22,13-37-19)39-15(2)30/h6-10,18-19,22,24,32,36H,11-13H2,1-5H3/t18-,19+,22-,24-,27+,28-,29+/m0/s1. The highest BCUT2D eigenvalue weighted by atomic mass is 16.6.